The Balaban J connectivity index is 1.28. The highest BCUT2D eigenvalue weighted by atomic mass is 19.1. The van der Waals surface area contributed by atoms with Gasteiger partial charge < -0.3 is 5.32 Å². The number of hydrogen-bond acceptors (Lipinski definition) is 2. The fourth-order valence-electron chi connectivity index (χ4n) is 8.30. The van der Waals surface area contributed by atoms with Crippen molar-refractivity contribution in [2.75, 3.05) is 0 Å². The van der Waals surface area contributed by atoms with Crippen LogP contribution >= 0.6 is 0 Å². The summed E-state index contributed by atoms with van der Waals surface area (Å²) in [5.41, 5.74) is 2.61. The molecule has 6 heteroatoms. The van der Waals surface area contributed by atoms with E-state index >= 15 is 0 Å². The van der Waals surface area contributed by atoms with E-state index in [0.29, 0.717) is 17.5 Å². The molecular formula is C25H27F2N3O. The molecule has 162 valence electrons. The molecule has 2 unspecified atom stereocenters. The first-order chi connectivity index (χ1) is 15.0. The van der Waals surface area contributed by atoms with Crippen molar-refractivity contribution in [3.63, 3.8) is 0 Å². The number of carbonyl (C=O) groups excluding carboxylic acids is 1. The molecule has 5 saturated carbocycles. The predicted molar refractivity (Wildman–Crippen MR) is 111 cm³/mol. The van der Waals surface area contributed by atoms with E-state index in [2.05, 4.69) is 10.4 Å². The van der Waals surface area contributed by atoms with Crippen LogP contribution in [-0.4, -0.2) is 21.2 Å². The Labute approximate surface area is 180 Å². The van der Waals surface area contributed by atoms with Crippen molar-refractivity contribution in [3.8, 4) is 5.69 Å². The van der Waals surface area contributed by atoms with Gasteiger partial charge in [0, 0.05) is 23.1 Å². The van der Waals surface area contributed by atoms with E-state index in [9.17, 15) is 13.6 Å². The molecule has 8 rings (SSSR count). The van der Waals surface area contributed by atoms with Crippen LogP contribution in [0.25, 0.3) is 5.69 Å². The topological polar surface area (TPSA) is 46.9 Å². The average molecular weight is 424 g/mol. The van der Waals surface area contributed by atoms with E-state index in [-0.39, 0.29) is 17.1 Å². The standard InChI is InChI=1S/C25H27F2N3O/c26-18-3-4-20(19(27)9-18)30-23-17-2-1-16(8-17)21(23)22(29-30)24(31)28-25-10-13-5-14(11-25)7-15(6-13)12-25/h3-4,9,13-17H,1-2,5-8,10-12H2,(H,28,31). The number of rotatable bonds is 3. The lowest BCUT2D eigenvalue weighted by Gasteiger charge is -2.56. The summed E-state index contributed by atoms with van der Waals surface area (Å²) in [4.78, 5) is 13.6. The van der Waals surface area contributed by atoms with Gasteiger partial charge in [0.1, 0.15) is 11.5 Å². The van der Waals surface area contributed by atoms with Crippen LogP contribution in [0.15, 0.2) is 18.2 Å². The van der Waals surface area contributed by atoms with Gasteiger partial charge in [-0.15, -0.1) is 0 Å². The van der Waals surface area contributed by atoms with Gasteiger partial charge in [-0.3, -0.25) is 4.79 Å². The number of nitrogens with one attached hydrogen (secondary N) is 1. The highest BCUT2D eigenvalue weighted by Crippen LogP contribution is 2.57. The number of fused-ring (bicyclic) bond motifs is 5. The van der Waals surface area contributed by atoms with Gasteiger partial charge >= 0.3 is 0 Å². The molecular weight excluding hydrogens is 396 g/mol. The van der Waals surface area contributed by atoms with Gasteiger partial charge in [0.2, 0.25) is 0 Å². The molecule has 2 atom stereocenters. The molecule has 2 aromatic rings. The lowest BCUT2D eigenvalue weighted by molar-refractivity contribution is -0.0168. The molecule has 6 bridgehead atoms. The van der Waals surface area contributed by atoms with E-state index < -0.39 is 11.6 Å². The van der Waals surface area contributed by atoms with Crippen LogP contribution in [0.2, 0.25) is 0 Å². The van der Waals surface area contributed by atoms with Gasteiger partial charge in [0.25, 0.3) is 5.91 Å². The van der Waals surface area contributed by atoms with E-state index in [1.54, 1.807) is 4.68 Å². The van der Waals surface area contributed by atoms with Crippen LogP contribution in [0.4, 0.5) is 8.78 Å². The Bertz CT molecular complexity index is 1070. The Morgan fingerprint density at radius 2 is 1.68 bits per heavy atom. The third kappa shape index (κ3) is 2.63. The lowest BCUT2D eigenvalue weighted by Crippen LogP contribution is -2.60. The maximum atomic E-state index is 14.6. The van der Waals surface area contributed by atoms with Crippen LogP contribution in [0.3, 0.4) is 0 Å². The van der Waals surface area contributed by atoms with Gasteiger partial charge in [0.05, 0.1) is 5.69 Å². The Hall–Kier alpha value is -2.24. The van der Waals surface area contributed by atoms with Crippen molar-refractivity contribution < 1.29 is 13.6 Å². The molecule has 1 heterocycles. The SMILES string of the molecule is O=C(NC12CC3CC(CC(C3)C1)C2)c1nn(-c2ccc(F)cc2F)c2c1C1CCC2C1. The summed E-state index contributed by atoms with van der Waals surface area (Å²) in [5.74, 6) is 1.55. The molecule has 31 heavy (non-hydrogen) atoms. The average Bonchev–Trinajstić information content (AvgIpc) is 3.39. The molecule has 0 radical (unpaired) electrons. The van der Waals surface area contributed by atoms with E-state index in [1.165, 1.54) is 31.4 Å². The Morgan fingerprint density at radius 3 is 2.35 bits per heavy atom. The molecule has 1 N–H and O–H groups in total. The molecule has 1 aromatic carbocycles. The van der Waals surface area contributed by atoms with E-state index in [0.717, 1.165) is 73.6 Å². The summed E-state index contributed by atoms with van der Waals surface area (Å²) in [6, 6.07) is 3.59. The minimum Gasteiger partial charge on any atom is -0.345 e. The van der Waals surface area contributed by atoms with Crippen molar-refractivity contribution >= 4 is 5.91 Å². The van der Waals surface area contributed by atoms with Gasteiger partial charge in [-0.05, 0) is 93.6 Å². The molecule has 1 amide bonds. The minimum atomic E-state index is -0.638. The maximum absolute atomic E-state index is 14.6. The number of benzene rings is 1. The number of nitrogens with zero attached hydrogens (tertiary/aromatic N) is 2. The second-order valence-electron chi connectivity index (χ2n) is 11.0. The van der Waals surface area contributed by atoms with Crippen molar-refractivity contribution in [1.82, 2.24) is 15.1 Å². The third-order valence-electron chi connectivity index (χ3n) is 8.96. The number of carbonyl (C=O) groups is 1. The van der Waals surface area contributed by atoms with Crippen LogP contribution in [0.1, 0.15) is 91.4 Å². The van der Waals surface area contributed by atoms with Crippen LogP contribution in [0.5, 0.6) is 0 Å². The fraction of sp³-hybridized carbons (Fsp3) is 0.600. The monoisotopic (exact) mass is 423 g/mol. The molecule has 4 nitrogen and oxygen atoms in total. The van der Waals surface area contributed by atoms with Gasteiger partial charge in [-0.25, -0.2) is 13.5 Å². The normalized spacial score (nSPS) is 36.8. The Kier molecular flexibility index (Phi) is 3.65. The summed E-state index contributed by atoms with van der Waals surface area (Å²) < 4.78 is 29.7. The highest BCUT2D eigenvalue weighted by Gasteiger charge is 2.52. The van der Waals surface area contributed by atoms with E-state index in [4.69, 9.17) is 0 Å². The molecule has 6 aliphatic carbocycles. The summed E-state index contributed by atoms with van der Waals surface area (Å²) in [7, 11) is 0. The molecule has 6 aliphatic rings. The number of aromatic nitrogens is 2. The second kappa shape index (κ2) is 6.17. The highest BCUT2D eigenvalue weighted by molar-refractivity contribution is 5.95. The van der Waals surface area contributed by atoms with Gasteiger partial charge in [0.15, 0.2) is 11.5 Å². The number of amides is 1. The quantitative estimate of drug-likeness (QED) is 0.736. The first-order valence-electron chi connectivity index (χ1n) is 11.9. The van der Waals surface area contributed by atoms with Crippen molar-refractivity contribution in [2.24, 2.45) is 17.8 Å². The third-order valence-corrected chi connectivity index (χ3v) is 8.96. The summed E-state index contributed by atoms with van der Waals surface area (Å²) in [5, 5.41) is 8.12. The fourth-order valence-corrected chi connectivity index (χ4v) is 8.30. The lowest BCUT2D eigenvalue weighted by atomic mass is 9.53. The Morgan fingerprint density at radius 1 is 1.00 bits per heavy atom. The summed E-state index contributed by atoms with van der Waals surface area (Å²) in [6.45, 7) is 0. The van der Waals surface area contributed by atoms with Crippen LogP contribution < -0.4 is 5.32 Å². The minimum absolute atomic E-state index is 0.0821. The van der Waals surface area contributed by atoms with Crippen LogP contribution in [0, 0.1) is 29.4 Å². The van der Waals surface area contributed by atoms with Gasteiger partial charge in [-0.1, -0.05) is 0 Å². The van der Waals surface area contributed by atoms with Crippen molar-refractivity contribution in [2.45, 2.75) is 75.2 Å². The molecule has 0 aliphatic heterocycles. The zero-order valence-electron chi connectivity index (χ0n) is 17.5. The zero-order chi connectivity index (χ0) is 20.9. The smallest absolute Gasteiger partial charge is 0.272 e. The zero-order valence-corrected chi connectivity index (χ0v) is 17.5. The first kappa shape index (κ1) is 18.3. The van der Waals surface area contributed by atoms with Gasteiger partial charge in [-0.2, -0.15) is 5.10 Å². The first-order valence-corrected chi connectivity index (χ1v) is 11.9. The van der Waals surface area contributed by atoms with Crippen molar-refractivity contribution in [3.05, 3.63) is 46.8 Å². The number of halogens is 2. The molecule has 0 saturated heterocycles. The summed E-state index contributed by atoms with van der Waals surface area (Å²) in [6.07, 6.45) is 10.4. The largest absolute Gasteiger partial charge is 0.345 e. The second-order valence-corrected chi connectivity index (χ2v) is 11.0. The molecule has 5 fully saturated rings. The van der Waals surface area contributed by atoms with Crippen LogP contribution in [-0.2, 0) is 0 Å². The predicted octanol–water partition coefficient (Wildman–Crippen LogP) is 5.21. The summed E-state index contributed by atoms with van der Waals surface area (Å²) >= 11 is 0. The van der Waals surface area contributed by atoms with Crippen molar-refractivity contribution in [1.29, 1.82) is 0 Å². The maximum Gasteiger partial charge on any atom is 0.272 e. The van der Waals surface area contributed by atoms with E-state index in [1.807, 2.05) is 0 Å². The number of hydrogen-bond donors (Lipinski definition) is 1. The molecule has 0 spiro atoms. The molecule has 1 aromatic heterocycles.